The van der Waals surface area contributed by atoms with Crippen molar-refractivity contribution in [1.29, 1.82) is 0 Å². The second kappa shape index (κ2) is 5.90. The number of halogens is 1. The summed E-state index contributed by atoms with van der Waals surface area (Å²) >= 11 is 4.78. The summed E-state index contributed by atoms with van der Waals surface area (Å²) in [6.07, 6.45) is 0. The Hall–Kier alpha value is -1.44. The van der Waals surface area contributed by atoms with E-state index in [0.29, 0.717) is 10.8 Å². The number of aryl methyl sites for hydroxylation is 2. The Morgan fingerprint density at radius 2 is 2.05 bits per heavy atom. The number of anilines is 2. The normalized spacial score (nSPS) is 12.2. The van der Waals surface area contributed by atoms with Gasteiger partial charge in [0.15, 0.2) is 5.13 Å². The Bertz CT molecular complexity index is 634. The molecule has 0 saturated heterocycles. The van der Waals surface area contributed by atoms with Crippen molar-refractivity contribution in [3.8, 4) is 0 Å². The maximum atomic E-state index is 10.8. The molecule has 7 heteroatoms. The number of nitrogens with one attached hydrogen (secondary N) is 1. The molecular formula is C13H14BrN3O2S. The van der Waals surface area contributed by atoms with Crippen LogP contribution in [-0.4, -0.2) is 16.1 Å². The first-order chi connectivity index (χ1) is 9.38. The number of aliphatic carboxylic acids is 1. The van der Waals surface area contributed by atoms with Gasteiger partial charge in [-0.2, -0.15) is 0 Å². The summed E-state index contributed by atoms with van der Waals surface area (Å²) in [7, 11) is 0. The summed E-state index contributed by atoms with van der Waals surface area (Å²) in [5, 5.41) is 14.4. The third-order valence-electron chi connectivity index (χ3n) is 2.84. The summed E-state index contributed by atoms with van der Waals surface area (Å²) in [6.45, 7) is 4.00. The molecule has 106 valence electrons. The van der Waals surface area contributed by atoms with Crippen molar-refractivity contribution in [2.45, 2.75) is 19.9 Å². The van der Waals surface area contributed by atoms with Crippen LogP contribution in [0.15, 0.2) is 22.0 Å². The zero-order chi connectivity index (χ0) is 14.9. The molecule has 1 unspecified atom stereocenters. The Morgan fingerprint density at radius 3 is 2.60 bits per heavy atom. The summed E-state index contributed by atoms with van der Waals surface area (Å²) in [5.74, 6) is -1.09. The smallest absolute Gasteiger partial charge is 0.326 e. The number of benzene rings is 1. The molecule has 0 aliphatic rings. The van der Waals surface area contributed by atoms with Gasteiger partial charge in [0.2, 0.25) is 0 Å². The van der Waals surface area contributed by atoms with Gasteiger partial charge in [-0.25, -0.2) is 4.98 Å². The van der Waals surface area contributed by atoms with Crippen LogP contribution < -0.4 is 11.1 Å². The van der Waals surface area contributed by atoms with E-state index < -0.39 is 12.0 Å². The van der Waals surface area contributed by atoms with Gasteiger partial charge in [0.25, 0.3) is 0 Å². The highest BCUT2D eigenvalue weighted by Gasteiger charge is 2.18. The second-order valence-corrected chi connectivity index (χ2v) is 6.21. The minimum absolute atomic E-state index is 0.359. The molecule has 1 heterocycles. The predicted molar refractivity (Wildman–Crippen MR) is 83.6 cm³/mol. The molecule has 5 nitrogen and oxygen atoms in total. The second-order valence-electron chi connectivity index (χ2n) is 4.43. The number of carboxylic acids is 1. The molecule has 0 aliphatic carbocycles. The lowest BCUT2D eigenvalue weighted by Crippen LogP contribution is -2.20. The lowest BCUT2D eigenvalue weighted by molar-refractivity contribution is -0.138. The van der Waals surface area contributed by atoms with Crippen molar-refractivity contribution < 1.29 is 9.90 Å². The predicted octanol–water partition coefficient (Wildman–Crippen LogP) is 3.35. The average Bonchev–Trinajstić information content (AvgIpc) is 2.81. The van der Waals surface area contributed by atoms with E-state index in [1.807, 2.05) is 26.0 Å². The van der Waals surface area contributed by atoms with Crippen LogP contribution in [0, 0.1) is 13.8 Å². The third-order valence-corrected chi connectivity index (χ3v) is 4.07. The number of aromatic nitrogens is 1. The van der Waals surface area contributed by atoms with Crippen LogP contribution in [0.25, 0.3) is 0 Å². The number of rotatable bonds is 4. The summed E-state index contributed by atoms with van der Waals surface area (Å²) in [5.41, 5.74) is 9.02. The molecule has 4 N–H and O–H groups in total. The molecule has 0 aliphatic heterocycles. The highest BCUT2D eigenvalue weighted by atomic mass is 79.9. The first-order valence-corrected chi connectivity index (χ1v) is 7.53. The van der Waals surface area contributed by atoms with E-state index in [-0.39, 0.29) is 0 Å². The van der Waals surface area contributed by atoms with E-state index in [0.717, 1.165) is 21.3 Å². The molecule has 20 heavy (non-hydrogen) atoms. The Labute approximate surface area is 129 Å². The molecule has 1 atom stereocenters. The quantitative estimate of drug-likeness (QED) is 0.782. The van der Waals surface area contributed by atoms with Crippen molar-refractivity contribution in [2.24, 2.45) is 5.73 Å². The third kappa shape index (κ3) is 3.17. The van der Waals surface area contributed by atoms with Crippen LogP contribution in [-0.2, 0) is 4.79 Å². The first kappa shape index (κ1) is 15.0. The van der Waals surface area contributed by atoms with Crippen molar-refractivity contribution in [3.05, 3.63) is 38.8 Å². The fourth-order valence-corrected chi connectivity index (χ4v) is 3.27. The van der Waals surface area contributed by atoms with Gasteiger partial charge < -0.3 is 16.2 Å². The van der Waals surface area contributed by atoms with Crippen molar-refractivity contribution in [1.82, 2.24) is 4.98 Å². The van der Waals surface area contributed by atoms with E-state index in [9.17, 15) is 4.79 Å². The van der Waals surface area contributed by atoms with Gasteiger partial charge in [0.05, 0.1) is 5.69 Å². The minimum Gasteiger partial charge on any atom is -0.480 e. The topological polar surface area (TPSA) is 88.2 Å². The highest BCUT2D eigenvalue weighted by Crippen LogP contribution is 2.30. The van der Waals surface area contributed by atoms with E-state index >= 15 is 0 Å². The molecule has 0 fully saturated rings. The van der Waals surface area contributed by atoms with Crippen LogP contribution in [0.2, 0.25) is 0 Å². The van der Waals surface area contributed by atoms with Crippen LogP contribution >= 0.6 is 27.3 Å². The van der Waals surface area contributed by atoms with Gasteiger partial charge in [-0.3, -0.25) is 4.79 Å². The minimum atomic E-state index is -1.09. The van der Waals surface area contributed by atoms with Crippen LogP contribution in [0.1, 0.15) is 22.9 Å². The number of carboxylic acid groups (broad SMARTS) is 1. The number of hydrogen-bond donors (Lipinski definition) is 3. The molecule has 2 aromatic rings. The Kier molecular flexibility index (Phi) is 4.42. The SMILES string of the molecule is Cc1cc(Br)cc(C)c1Nc1nc(C(N)C(=O)O)cs1. The van der Waals surface area contributed by atoms with Crippen molar-refractivity contribution in [3.63, 3.8) is 0 Å². The zero-order valence-electron chi connectivity index (χ0n) is 11.0. The fraction of sp³-hybridized carbons (Fsp3) is 0.231. The summed E-state index contributed by atoms with van der Waals surface area (Å²) in [6, 6.07) is 2.92. The van der Waals surface area contributed by atoms with Gasteiger partial charge in [-0.1, -0.05) is 15.9 Å². The van der Waals surface area contributed by atoms with Crippen molar-refractivity contribution in [2.75, 3.05) is 5.32 Å². The number of nitrogens with zero attached hydrogens (tertiary/aromatic N) is 1. The number of nitrogens with two attached hydrogens (primary N) is 1. The molecule has 0 bridgehead atoms. The van der Waals surface area contributed by atoms with E-state index in [2.05, 4.69) is 26.2 Å². The van der Waals surface area contributed by atoms with Crippen LogP contribution in [0.5, 0.6) is 0 Å². The average molecular weight is 356 g/mol. The molecular weight excluding hydrogens is 342 g/mol. The lowest BCUT2D eigenvalue weighted by atomic mass is 10.1. The van der Waals surface area contributed by atoms with Gasteiger partial charge in [-0.15, -0.1) is 11.3 Å². The number of thiazole rings is 1. The zero-order valence-corrected chi connectivity index (χ0v) is 13.4. The van der Waals surface area contributed by atoms with E-state index in [1.165, 1.54) is 11.3 Å². The first-order valence-electron chi connectivity index (χ1n) is 5.86. The van der Waals surface area contributed by atoms with Crippen LogP contribution in [0.3, 0.4) is 0 Å². The summed E-state index contributed by atoms with van der Waals surface area (Å²) < 4.78 is 1.02. The molecule has 2 rings (SSSR count). The van der Waals surface area contributed by atoms with Gasteiger partial charge in [0.1, 0.15) is 6.04 Å². The van der Waals surface area contributed by atoms with Gasteiger partial charge in [0, 0.05) is 15.5 Å². The molecule has 0 saturated carbocycles. The van der Waals surface area contributed by atoms with Gasteiger partial charge >= 0.3 is 5.97 Å². The van der Waals surface area contributed by atoms with Crippen molar-refractivity contribution >= 4 is 44.1 Å². The lowest BCUT2D eigenvalue weighted by Gasteiger charge is -2.11. The Morgan fingerprint density at radius 1 is 1.45 bits per heavy atom. The standard InChI is InChI=1S/C13H14BrN3O2S/c1-6-3-8(14)4-7(2)11(6)17-13-16-9(5-20-13)10(15)12(18)19/h3-5,10H,15H2,1-2H3,(H,16,17)(H,18,19). The van der Waals surface area contributed by atoms with Crippen LogP contribution in [0.4, 0.5) is 10.8 Å². The monoisotopic (exact) mass is 355 g/mol. The largest absolute Gasteiger partial charge is 0.480 e. The number of hydrogen-bond acceptors (Lipinski definition) is 5. The summed E-state index contributed by atoms with van der Waals surface area (Å²) in [4.78, 5) is 15.0. The highest BCUT2D eigenvalue weighted by molar-refractivity contribution is 9.10. The van der Waals surface area contributed by atoms with E-state index in [4.69, 9.17) is 10.8 Å². The Balaban J connectivity index is 2.25. The molecule has 1 aromatic heterocycles. The van der Waals surface area contributed by atoms with E-state index in [1.54, 1.807) is 5.38 Å². The maximum Gasteiger partial charge on any atom is 0.326 e. The van der Waals surface area contributed by atoms with Gasteiger partial charge in [-0.05, 0) is 37.1 Å². The molecule has 0 spiro atoms. The maximum absolute atomic E-state index is 10.8. The molecule has 0 amide bonds. The molecule has 1 aromatic carbocycles. The number of carbonyl (C=O) groups is 1. The fourth-order valence-electron chi connectivity index (χ4n) is 1.83. The molecule has 0 radical (unpaired) electrons.